The van der Waals surface area contributed by atoms with Gasteiger partial charge >= 0.3 is 0 Å². The van der Waals surface area contributed by atoms with Gasteiger partial charge in [0.1, 0.15) is 30.5 Å². The summed E-state index contributed by atoms with van der Waals surface area (Å²) < 4.78 is 0. The number of nitrogens with one attached hydrogen (secondary N) is 3. The molecule has 0 heterocycles. The zero-order valence-corrected chi connectivity index (χ0v) is 23.2. The number of aliphatic hydroxyl groups excluding tert-OH is 1. The van der Waals surface area contributed by atoms with Crippen LogP contribution in [0.25, 0.3) is 0 Å². The first kappa shape index (κ1) is 34.0. The van der Waals surface area contributed by atoms with Gasteiger partial charge in [0.05, 0.1) is 12.6 Å². The number of aldehydes is 1. The maximum Gasteiger partial charge on any atom is 0.246 e. The Hall–Kier alpha value is -3.02. The summed E-state index contributed by atoms with van der Waals surface area (Å²) in [6.45, 7) is 12.8. The van der Waals surface area contributed by atoms with Crippen molar-refractivity contribution in [1.29, 1.82) is 0 Å². The van der Waals surface area contributed by atoms with Crippen molar-refractivity contribution in [2.24, 2.45) is 23.5 Å². The van der Waals surface area contributed by atoms with Crippen LogP contribution in [0.15, 0.2) is 0 Å². The largest absolute Gasteiger partial charge is 0.394 e. The molecule has 0 aliphatic rings. The number of hydrogen-bond acceptors (Lipinski definition) is 7. The number of amides is 5. The lowest BCUT2D eigenvalue weighted by molar-refractivity contribution is -0.149. The number of nitrogens with zero attached hydrogens (tertiary/aromatic N) is 1. The summed E-state index contributed by atoms with van der Waals surface area (Å²) in [6, 6.07) is -5.48. The number of rotatable bonds is 16. The van der Waals surface area contributed by atoms with Crippen LogP contribution in [0.2, 0.25) is 0 Å². The summed E-state index contributed by atoms with van der Waals surface area (Å²) in [5.41, 5.74) is 5.67. The normalized spacial score (nSPS) is 15.4. The average Bonchev–Trinajstić information content (AvgIpc) is 2.78. The minimum atomic E-state index is -1.25. The van der Waals surface area contributed by atoms with Crippen LogP contribution >= 0.6 is 0 Å². The van der Waals surface area contributed by atoms with E-state index in [0.29, 0.717) is 12.7 Å². The van der Waals surface area contributed by atoms with E-state index in [1.807, 2.05) is 27.7 Å². The zero-order chi connectivity index (χ0) is 29.0. The number of aliphatic hydroxyl groups is 1. The summed E-state index contributed by atoms with van der Waals surface area (Å²) in [5.74, 6) is -3.81. The molecule has 5 atom stereocenters. The van der Waals surface area contributed by atoms with Crippen LogP contribution in [0.5, 0.6) is 0 Å². The first-order valence-corrected chi connectivity index (χ1v) is 12.6. The van der Waals surface area contributed by atoms with Crippen molar-refractivity contribution in [2.75, 3.05) is 6.61 Å². The Kier molecular flexibility index (Phi) is 14.7. The van der Waals surface area contributed by atoms with Gasteiger partial charge in [-0.2, -0.15) is 0 Å². The van der Waals surface area contributed by atoms with Gasteiger partial charge in [-0.1, -0.05) is 41.5 Å². The fourth-order valence-electron chi connectivity index (χ4n) is 3.85. The summed E-state index contributed by atoms with van der Waals surface area (Å²) in [5, 5.41) is 16.6. The summed E-state index contributed by atoms with van der Waals surface area (Å²) >= 11 is 0. The van der Waals surface area contributed by atoms with Gasteiger partial charge in [0.2, 0.25) is 29.5 Å². The van der Waals surface area contributed by atoms with Crippen molar-refractivity contribution in [2.45, 2.75) is 98.4 Å². The Morgan fingerprint density at radius 2 is 1.41 bits per heavy atom. The van der Waals surface area contributed by atoms with E-state index in [0.717, 1.165) is 0 Å². The number of carbonyl (C=O) groups excluding carboxylic acids is 6. The predicted octanol–water partition coefficient (Wildman–Crippen LogP) is -0.529. The van der Waals surface area contributed by atoms with Crippen LogP contribution in [0, 0.1) is 17.8 Å². The molecular weight excluding hydrogens is 482 g/mol. The second-order valence-corrected chi connectivity index (χ2v) is 10.5. The lowest BCUT2D eigenvalue weighted by Crippen LogP contribution is -2.62. The molecule has 5 amide bonds. The number of primary amides is 1. The molecule has 0 aliphatic heterocycles. The molecule has 0 aliphatic carbocycles. The third-order valence-electron chi connectivity index (χ3n) is 5.70. The lowest BCUT2D eigenvalue weighted by atomic mass is 9.94. The molecule has 212 valence electrons. The Labute approximate surface area is 219 Å². The Balaban J connectivity index is 6.05. The van der Waals surface area contributed by atoms with Crippen LogP contribution < -0.4 is 21.7 Å². The van der Waals surface area contributed by atoms with E-state index in [-0.39, 0.29) is 18.3 Å². The molecular formula is C25H45N5O7. The van der Waals surface area contributed by atoms with Crippen LogP contribution in [0.1, 0.15) is 68.2 Å². The van der Waals surface area contributed by atoms with E-state index in [2.05, 4.69) is 16.0 Å². The monoisotopic (exact) mass is 527 g/mol. The Bertz CT molecular complexity index is 815. The van der Waals surface area contributed by atoms with E-state index in [1.165, 1.54) is 18.7 Å². The van der Waals surface area contributed by atoms with E-state index < -0.39 is 72.3 Å². The lowest BCUT2D eigenvalue weighted by Gasteiger charge is -2.39. The molecule has 0 fully saturated rings. The molecule has 0 saturated carbocycles. The molecule has 12 heteroatoms. The molecule has 6 N–H and O–H groups in total. The van der Waals surface area contributed by atoms with Gasteiger partial charge < -0.3 is 36.5 Å². The topological polar surface area (TPSA) is 188 Å². The second-order valence-electron chi connectivity index (χ2n) is 10.5. The quantitative estimate of drug-likeness (QED) is 0.167. The SMILES string of the molecule is CC(=O)N[C@@H](CO)C(=O)N[C@@H](C)C(=O)N[C@H](C(=O)N([C@H](C=O)CC(C)C)[C@@H](CC(C)C)C(N)=O)C(C)C. The maximum atomic E-state index is 13.8. The fourth-order valence-corrected chi connectivity index (χ4v) is 3.85. The van der Waals surface area contributed by atoms with Gasteiger partial charge in [0.25, 0.3) is 0 Å². The van der Waals surface area contributed by atoms with E-state index in [9.17, 15) is 33.9 Å². The molecule has 0 aromatic rings. The first-order valence-electron chi connectivity index (χ1n) is 12.6. The fraction of sp³-hybridized carbons (Fsp3) is 0.760. The molecule has 0 radical (unpaired) electrons. The summed E-state index contributed by atoms with van der Waals surface area (Å²) in [6.07, 6.45) is 1.15. The van der Waals surface area contributed by atoms with Crippen molar-refractivity contribution < 1.29 is 33.9 Å². The third-order valence-corrected chi connectivity index (χ3v) is 5.70. The molecule has 0 aromatic carbocycles. The Morgan fingerprint density at radius 1 is 0.865 bits per heavy atom. The minimum Gasteiger partial charge on any atom is -0.394 e. The highest BCUT2D eigenvalue weighted by atomic mass is 16.3. The highest BCUT2D eigenvalue weighted by Gasteiger charge is 2.40. The standard InChI is InChI=1S/C25H45N5O7/c1-13(2)9-18(11-31)30(20(22(26)34)10-14(3)4)25(37)21(15(5)6)29-23(35)16(7)27-24(36)19(12-32)28-17(8)33/h11,13-16,18-21,32H,9-10,12H2,1-8H3,(H2,26,34)(H,27,36)(H,28,33)(H,29,35)/t16-,18-,19-,20-,21-/m0/s1. The number of hydrogen-bond donors (Lipinski definition) is 5. The van der Waals surface area contributed by atoms with Crippen LogP contribution in [0.4, 0.5) is 0 Å². The molecule has 0 aromatic heterocycles. The molecule has 0 spiro atoms. The highest BCUT2D eigenvalue weighted by Crippen LogP contribution is 2.21. The summed E-state index contributed by atoms with van der Waals surface area (Å²) in [4.78, 5) is 76.1. The third kappa shape index (κ3) is 11.3. The number of nitrogens with two attached hydrogens (primary N) is 1. The van der Waals surface area contributed by atoms with Crippen LogP contribution in [0.3, 0.4) is 0 Å². The highest BCUT2D eigenvalue weighted by molar-refractivity contribution is 5.96. The Morgan fingerprint density at radius 3 is 1.78 bits per heavy atom. The predicted molar refractivity (Wildman–Crippen MR) is 138 cm³/mol. The van der Waals surface area contributed by atoms with Crippen molar-refractivity contribution >= 4 is 35.8 Å². The van der Waals surface area contributed by atoms with Crippen molar-refractivity contribution in [3.8, 4) is 0 Å². The zero-order valence-electron chi connectivity index (χ0n) is 23.2. The van der Waals surface area contributed by atoms with Gasteiger partial charge in [-0.05, 0) is 37.5 Å². The molecule has 37 heavy (non-hydrogen) atoms. The molecule has 0 unspecified atom stereocenters. The van der Waals surface area contributed by atoms with Crippen molar-refractivity contribution in [3.05, 3.63) is 0 Å². The minimum absolute atomic E-state index is 0.00967. The number of carbonyl (C=O) groups is 6. The van der Waals surface area contributed by atoms with Gasteiger partial charge in [0.15, 0.2) is 0 Å². The van der Waals surface area contributed by atoms with Gasteiger partial charge in [-0.25, -0.2) is 0 Å². The van der Waals surface area contributed by atoms with Crippen LogP contribution in [-0.2, 0) is 28.8 Å². The van der Waals surface area contributed by atoms with Crippen LogP contribution in [-0.4, -0.2) is 82.6 Å². The van der Waals surface area contributed by atoms with E-state index in [4.69, 9.17) is 5.73 Å². The summed E-state index contributed by atoms with van der Waals surface area (Å²) in [7, 11) is 0. The smallest absolute Gasteiger partial charge is 0.246 e. The molecule has 0 rings (SSSR count). The van der Waals surface area contributed by atoms with E-state index >= 15 is 0 Å². The van der Waals surface area contributed by atoms with Gasteiger partial charge in [0, 0.05) is 6.92 Å². The average molecular weight is 528 g/mol. The van der Waals surface area contributed by atoms with Crippen molar-refractivity contribution in [3.63, 3.8) is 0 Å². The second kappa shape index (κ2) is 16.0. The van der Waals surface area contributed by atoms with Crippen molar-refractivity contribution in [1.82, 2.24) is 20.9 Å². The molecule has 0 bridgehead atoms. The van der Waals surface area contributed by atoms with Gasteiger partial charge in [-0.15, -0.1) is 0 Å². The van der Waals surface area contributed by atoms with Gasteiger partial charge in [-0.3, -0.25) is 24.0 Å². The maximum absolute atomic E-state index is 13.8. The first-order chi connectivity index (χ1) is 17.1. The molecule has 0 saturated heterocycles. The van der Waals surface area contributed by atoms with E-state index in [1.54, 1.807) is 13.8 Å². The molecule has 12 nitrogen and oxygen atoms in total.